The summed E-state index contributed by atoms with van der Waals surface area (Å²) in [7, 11) is 0. The first-order chi connectivity index (χ1) is 6.43. The van der Waals surface area contributed by atoms with Crippen molar-refractivity contribution in [3.8, 4) is 0 Å². The van der Waals surface area contributed by atoms with Crippen LogP contribution in [0.2, 0.25) is 0 Å². The largest absolute Gasteiger partial charge is 0.378 e. The zero-order valence-corrected chi connectivity index (χ0v) is 8.43. The zero-order chi connectivity index (χ0) is 9.36. The van der Waals surface area contributed by atoms with Gasteiger partial charge in [0.2, 0.25) is 0 Å². The first-order valence-corrected chi connectivity index (χ1v) is 5.46. The molecule has 1 saturated heterocycles. The molecule has 0 amide bonds. The van der Waals surface area contributed by atoms with E-state index in [9.17, 15) is 0 Å². The highest BCUT2D eigenvalue weighted by molar-refractivity contribution is 4.64. The van der Waals surface area contributed by atoms with Crippen LogP contribution in [0, 0.1) is 0 Å². The second kappa shape index (κ2) is 7.30. The van der Waals surface area contributed by atoms with Gasteiger partial charge in [-0.3, -0.25) is 0 Å². The highest BCUT2D eigenvalue weighted by Crippen LogP contribution is 2.14. The van der Waals surface area contributed by atoms with Crippen LogP contribution in [-0.2, 0) is 4.74 Å². The molecule has 13 heavy (non-hydrogen) atoms. The molecule has 1 heterocycles. The molecule has 1 atom stereocenters. The summed E-state index contributed by atoms with van der Waals surface area (Å²) in [6.45, 7) is 3.87. The van der Waals surface area contributed by atoms with Crippen molar-refractivity contribution in [2.45, 2.75) is 38.2 Å². The molecule has 0 aromatic rings. The topological polar surface area (TPSA) is 47.3 Å². The van der Waals surface area contributed by atoms with E-state index in [2.05, 4.69) is 5.32 Å². The number of hydrogen-bond donors (Lipinski definition) is 2. The van der Waals surface area contributed by atoms with Crippen molar-refractivity contribution < 1.29 is 4.74 Å². The van der Waals surface area contributed by atoms with Crippen LogP contribution < -0.4 is 11.1 Å². The quantitative estimate of drug-likeness (QED) is 0.605. The van der Waals surface area contributed by atoms with Gasteiger partial charge in [0.1, 0.15) is 0 Å². The third-order valence-electron chi connectivity index (χ3n) is 2.47. The minimum Gasteiger partial charge on any atom is -0.378 e. The molecule has 3 nitrogen and oxygen atoms in total. The third kappa shape index (κ3) is 5.24. The van der Waals surface area contributed by atoms with Crippen molar-refractivity contribution in [2.75, 3.05) is 26.2 Å². The van der Waals surface area contributed by atoms with Crippen LogP contribution in [0.1, 0.15) is 32.1 Å². The molecule has 1 rings (SSSR count). The molecule has 1 unspecified atom stereocenters. The van der Waals surface area contributed by atoms with Gasteiger partial charge in [0.15, 0.2) is 0 Å². The van der Waals surface area contributed by atoms with Crippen LogP contribution in [0.3, 0.4) is 0 Å². The number of nitrogens with two attached hydrogens (primary N) is 1. The van der Waals surface area contributed by atoms with Crippen LogP contribution in [-0.4, -0.2) is 32.3 Å². The van der Waals surface area contributed by atoms with Crippen molar-refractivity contribution >= 4 is 0 Å². The zero-order valence-electron chi connectivity index (χ0n) is 8.43. The van der Waals surface area contributed by atoms with E-state index in [1.54, 1.807) is 0 Å². The molecule has 3 heteroatoms. The molecule has 1 fully saturated rings. The molecule has 0 saturated carbocycles. The summed E-state index contributed by atoms with van der Waals surface area (Å²) in [6.07, 6.45) is 6.58. The maximum absolute atomic E-state index is 5.62. The second-order valence-electron chi connectivity index (χ2n) is 3.67. The number of hydrogen-bond acceptors (Lipinski definition) is 3. The Kier molecular flexibility index (Phi) is 6.15. The van der Waals surface area contributed by atoms with Gasteiger partial charge in [-0.1, -0.05) is 0 Å². The fourth-order valence-electron chi connectivity index (χ4n) is 1.65. The van der Waals surface area contributed by atoms with Crippen LogP contribution in [0.4, 0.5) is 0 Å². The molecule has 0 aliphatic carbocycles. The standard InChI is InChI=1S/C10H22N2O/c11-6-3-7-12-8-5-10-4-1-2-9-13-10/h10,12H,1-9,11H2. The molecule has 0 bridgehead atoms. The summed E-state index contributed by atoms with van der Waals surface area (Å²) in [5.41, 5.74) is 5.39. The van der Waals surface area contributed by atoms with Gasteiger partial charge in [-0.25, -0.2) is 0 Å². The van der Waals surface area contributed by atoms with Gasteiger partial charge in [-0.15, -0.1) is 0 Å². The van der Waals surface area contributed by atoms with Gasteiger partial charge in [-0.2, -0.15) is 0 Å². The predicted molar refractivity (Wildman–Crippen MR) is 54.7 cm³/mol. The summed E-state index contributed by atoms with van der Waals surface area (Å²) >= 11 is 0. The highest BCUT2D eigenvalue weighted by atomic mass is 16.5. The van der Waals surface area contributed by atoms with E-state index in [0.717, 1.165) is 39.1 Å². The van der Waals surface area contributed by atoms with Crippen LogP contribution >= 0.6 is 0 Å². The van der Waals surface area contributed by atoms with Gasteiger partial charge in [0.05, 0.1) is 6.10 Å². The van der Waals surface area contributed by atoms with Crippen molar-refractivity contribution in [2.24, 2.45) is 5.73 Å². The normalized spacial score (nSPS) is 23.3. The first kappa shape index (κ1) is 11.0. The van der Waals surface area contributed by atoms with Gasteiger partial charge < -0.3 is 15.8 Å². The molecule has 0 aromatic carbocycles. The minimum absolute atomic E-state index is 0.513. The SMILES string of the molecule is NCCCNCCC1CCCCO1. The molecule has 0 aromatic heterocycles. The summed E-state index contributed by atoms with van der Waals surface area (Å²) in [5, 5.41) is 3.37. The van der Waals surface area contributed by atoms with Crippen molar-refractivity contribution in [1.82, 2.24) is 5.32 Å². The van der Waals surface area contributed by atoms with E-state index < -0.39 is 0 Å². The van der Waals surface area contributed by atoms with E-state index in [1.807, 2.05) is 0 Å². The summed E-state index contributed by atoms with van der Waals surface area (Å²) in [5.74, 6) is 0. The summed E-state index contributed by atoms with van der Waals surface area (Å²) in [6, 6.07) is 0. The van der Waals surface area contributed by atoms with Crippen LogP contribution in [0.15, 0.2) is 0 Å². The Bertz CT molecular complexity index is 113. The smallest absolute Gasteiger partial charge is 0.0587 e. The van der Waals surface area contributed by atoms with Gasteiger partial charge in [-0.05, 0) is 51.7 Å². The Morgan fingerprint density at radius 3 is 2.92 bits per heavy atom. The van der Waals surface area contributed by atoms with Crippen molar-refractivity contribution in [3.05, 3.63) is 0 Å². The molecule has 1 aliphatic heterocycles. The second-order valence-corrected chi connectivity index (χ2v) is 3.67. The van der Waals surface area contributed by atoms with E-state index in [-0.39, 0.29) is 0 Å². The number of rotatable bonds is 6. The fourth-order valence-corrected chi connectivity index (χ4v) is 1.65. The van der Waals surface area contributed by atoms with Gasteiger partial charge in [0.25, 0.3) is 0 Å². The Hall–Kier alpha value is -0.120. The average Bonchev–Trinajstić information content (AvgIpc) is 2.19. The fraction of sp³-hybridized carbons (Fsp3) is 1.00. The van der Waals surface area contributed by atoms with Crippen molar-refractivity contribution in [1.29, 1.82) is 0 Å². The first-order valence-electron chi connectivity index (χ1n) is 5.46. The molecule has 1 aliphatic rings. The van der Waals surface area contributed by atoms with Crippen molar-refractivity contribution in [3.63, 3.8) is 0 Å². The maximum Gasteiger partial charge on any atom is 0.0587 e. The van der Waals surface area contributed by atoms with Crippen LogP contribution in [0.25, 0.3) is 0 Å². The average molecular weight is 186 g/mol. The summed E-state index contributed by atoms with van der Waals surface area (Å²) < 4.78 is 5.62. The van der Waals surface area contributed by atoms with E-state index in [0.29, 0.717) is 6.10 Å². The Morgan fingerprint density at radius 1 is 1.31 bits per heavy atom. The molecule has 3 N–H and O–H groups in total. The van der Waals surface area contributed by atoms with Crippen LogP contribution in [0.5, 0.6) is 0 Å². The number of ether oxygens (including phenoxy) is 1. The molecule has 78 valence electrons. The third-order valence-corrected chi connectivity index (χ3v) is 2.47. The predicted octanol–water partition coefficient (Wildman–Crippen LogP) is 0.884. The lowest BCUT2D eigenvalue weighted by Gasteiger charge is -2.22. The minimum atomic E-state index is 0.513. The molecular weight excluding hydrogens is 164 g/mol. The van der Waals surface area contributed by atoms with Gasteiger partial charge >= 0.3 is 0 Å². The van der Waals surface area contributed by atoms with E-state index >= 15 is 0 Å². The lowest BCUT2D eigenvalue weighted by molar-refractivity contribution is 0.0116. The summed E-state index contributed by atoms with van der Waals surface area (Å²) in [4.78, 5) is 0. The Morgan fingerprint density at radius 2 is 2.23 bits per heavy atom. The lowest BCUT2D eigenvalue weighted by Crippen LogP contribution is -2.26. The maximum atomic E-state index is 5.62. The number of nitrogens with one attached hydrogen (secondary N) is 1. The van der Waals surface area contributed by atoms with Gasteiger partial charge in [0, 0.05) is 6.61 Å². The lowest BCUT2D eigenvalue weighted by atomic mass is 10.1. The monoisotopic (exact) mass is 186 g/mol. The molecule has 0 spiro atoms. The molecule has 0 radical (unpaired) electrons. The molecular formula is C10H22N2O. The highest BCUT2D eigenvalue weighted by Gasteiger charge is 2.12. The van der Waals surface area contributed by atoms with E-state index in [4.69, 9.17) is 10.5 Å². The Balaban J connectivity index is 1.86. The Labute approximate surface area is 81.0 Å². The van der Waals surface area contributed by atoms with E-state index in [1.165, 1.54) is 19.3 Å².